The van der Waals surface area contributed by atoms with Gasteiger partial charge in [-0.25, -0.2) is 9.78 Å². The molecule has 1 aromatic rings. The lowest BCUT2D eigenvalue weighted by Crippen LogP contribution is -2.18. The van der Waals surface area contributed by atoms with Gasteiger partial charge in [-0.05, 0) is 32.1 Å². The van der Waals surface area contributed by atoms with Crippen LogP contribution in [0, 0.1) is 12.8 Å². The number of nitrogens with zero attached hydrogens (tertiary/aromatic N) is 1. The zero-order chi connectivity index (χ0) is 13.8. The monoisotopic (exact) mass is 282 g/mol. The number of hydrogen-bond donors (Lipinski definition) is 1. The summed E-state index contributed by atoms with van der Waals surface area (Å²) in [7, 11) is 1.40. The molecule has 106 valence electrons. The minimum atomic E-state index is -0.294. The van der Waals surface area contributed by atoms with E-state index in [1.54, 1.807) is 0 Å². The molecule has 4 nitrogen and oxygen atoms in total. The van der Waals surface area contributed by atoms with E-state index in [4.69, 9.17) is 4.74 Å². The van der Waals surface area contributed by atoms with E-state index in [1.807, 2.05) is 6.92 Å². The first-order valence-electron chi connectivity index (χ1n) is 6.92. The van der Waals surface area contributed by atoms with Gasteiger partial charge in [-0.2, -0.15) is 0 Å². The van der Waals surface area contributed by atoms with Crippen molar-refractivity contribution in [1.29, 1.82) is 0 Å². The number of carbonyl (C=O) groups is 1. The van der Waals surface area contributed by atoms with Crippen molar-refractivity contribution in [2.45, 2.75) is 52.0 Å². The maximum atomic E-state index is 11.6. The van der Waals surface area contributed by atoms with Crippen LogP contribution in [0.25, 0.3) is 0 Å². The first-order valence-corrected chi connectivity index (χ1v) is 7.74. The van der Waals surface area contributed by atoms with E-state index in [1.165, 1.54) is 50.6 Å². The van der Waals surface area contributed by atoms with E-state index < -0.39 is 0 Å². The first-order chi connectivity index (χ1) is 9.10. The van der Waals surface area contributed by atoms with Crippen LogP contribution < -0.4 is 5.32 Å². The fourth-order valence-corrected chi connectivity index (χ4v) is 3.51. The molecule has 1 aliphatic carbocycles. The summed E-state index contributed by atoms with van der Waals surface area (Å²) in [6.07, 6.45) is 6.24. The quantitative estimate of drug-likeness (QED) is 0.679. The Morgan fingerprint density at radius 3 is 2.89 bits per heavy atom. The van der Waals surface area contributed by atoms with Crippen LogP contribution in [0.15, 0.2) is 0 Å². The minimum absolute atomic E-state index is 0.294. The lowest BCUT2D eigenvalue weighted by atomic mass is 10.0. The maximum Gasteiger partial charge on any atom is 0.350 e. The molecule has 0 aliphatic heterocycles. The Morgan fingerprint density at radius 2 is 2.16 bits per heavy atom. The first kappa shape index (κ1) is 14.3. The molecule has 1 aliphatic rings. The van der Waals surface area contributed by atoms with Crippen molar-refractivity contribution in [1.82, 2.24) is 4.98 Å². The van der Waals surface area contributed by atoms with Gasteiger partial charge in [0, 0.05) is 6.04 Å². The van der Waals surface area contributed by atoms with Crippen LogP contribution in [-0.2, 0) is 4.74 Å². The van der Waals surface area contributed by atoms with Gasteiger partial charge in [0.1, 0.15) is 4.88 Å². The topological polar surface area (TPSA) is 51.2 Å². The second-order valence-corrected chi connectivity index (χ2v) is 6.38. The molecule has 1 N–H and O–H groups in total. The van der Waals surface area contributed by atoms with Crippen molar-refractivity contribution < 1.29 is 9.53 Å². The van der Waals surface area contributed by atoms with Crippen LogP contribution in [-0.4, -0.2) is 24.1 Å². The zero-order valence-corrected chi connectivity index (χ0v) is 12.7. The maximum absolute atomic E-state index is 11.6. The molecular weight excluding hydrogens is 260 g/mol. The number of rotatable bonds is 3. The summed E-state index contributed by atoms with van der Waals surface area (Å²) in [6.45, 7) is 4.17. The number of nitrogens with one attached hydrogen (secondary N) is 1. The number of anilines is 1. The standard InChI is InChI=1S/C14H22N2O2S/c1-9-5-4-6-11(8-7-9)16-14-15-10(2)12(19-14)13(17)18-3/h9,11H,4-8H2,1-3H3,(H,15,16). The fourth-order valence-electron chi connectivity index (χ4n) is 2.55. The van der Waals surface area contributed by atoms with Gasteiger partial charge in [0.25, 0.3) is 0 Å². The number of ether oxygens (including phenoxy) is 1. The van der Waals surface area contributed by atoms with E-state index >= 15 is 0 Å². The Labute approximate surface area is 118 Å². The number of esters is 1. The van der Waals surface area contributed by atoms with E-state index in [0.717, 1.165) is 16.7 Å². The van der Waals surface area contributed by atoms with Crippen molar-refractivity contribution in [3.63, 3.8) is 0 Å². The molecule has 0 saturated heterocycles. The molecule has 1 fully saturated rings. The third-order valence-electron chi connectivity index (χ3n) is 3.75. The van der Waals surface area contributed by atoms with Crippen LogP contribution in [0.4, 0.5) is 5.13 Å². The number of thiazole rings is 1. The molecule has 1 saturated carbocycles. The van der Waals surface area contributed by atoms with E-state index in [-0.39, 0.29) is 5.97 Å². The van der Waals surface area contributed by atoms with Crippen molar-refractivity contribution in [2.24, 2.45) is 5.92 Å². The van der Waals surface area contributed by atoms with Crippen molar-refractivity contribution in [3.8, 4) is 0 Å². The van der Waals surface area contributed by atoms with E-state index in [2.05, 4.69) is 17.2 Å². The van der Waals surface area contributed by atoms with Gasteiger partial charge in [0.2, 0.25) is 0 Å². The highest BCUT2D eigenvalue weighted by atomic mass is 32.1. The number of carbonyl (C=O) groups excluding carboxylic acids is 1. The molecule has 2 atom stereocenters. The number of aryl methyl sites for hydroxylation is 1. The van der Waals surface area contributed by atoms with Gasteiger partial charge in [0.05, 0.1) is 12.8 Å². The lowest BCUT2D eigenvalue weighted by Gasteiger charge is -2.15. The highest BCUT2D eigenvalue weighted by Gasteiger charge is 2.20. The molecule has 0 aromatic carbocycles. The van der Waals surface area contributed by atoms with Crippen molar-refractivity contribution >= 4 is 22.4 Å². The Bertz CT molecular complexity index is 445. The lowest BCUT2D eigenvalue weighted by molar-refractivity contribution is 0.0605. The molecule has 1 aromatic heterocycles. The summed E-state index contributed by atoms with van der Waals surface area (Å²) in [6, 6.07) is 0.487. The smallest absolute Gasteiger partial charge is 0.350 e. The molecule has 0 radical (unpaired) electrons. The van der Waals surface area contributed by atoms with Gasteiger partial charge in [-0.3, -0.25) is 0 Å². The Balaban J connectivity index is 2.01. The van der Waals surface area contributed by atoms with Gasteiger partial charge in [-0.1, -0.05) is 31.1 Å². The minimum Gasteiger partial charge on any atom is -0.465 e. The van der Waals surface area contributed by atoms with Crippen LogP contribution in [0.5, 0.6) is 0 Å². The van der Waals surface area contributed by atoms with Gasteiger partial charge in [0.15, 0.2) is 5.13 Å². The molecule has 0 bridgehead atoms. The number of aromatic nitrogens is 1. The molecule has 1 heterocycles. The third-order valence-corrected chi connectivity index (χ3v) is 4.82. The Hall–Kier alpha value is -1.10. The molecule has 2 unspecified atom stereocenters. The second kappa shape index (κ2) is 6.37. The van der Waals surface area contributed by atoms with E-state index in [9.17, 15) is 4.79 Å². The van der Waals surface area contributed by atoms with Crippen LogP contribution >= 0.6 is 11.3 Å². The summed E-state index contributed by atoms with van der Waals surface area (Å²) in [4.78, 5) is 16.6. The SMILES string of the molecule is COC(=O)c1sc(NC2CCCC(C)CC2)nc1C. The average Bonchev–Trinajstić information content (AvgIpc) is 2.62. The van der Waals surface area contributed by atoms with Crippen molar-refractivity contribution in [2.75, 3.05) is 12.4 Å². The predicted octanol–water partition coefficient (Wildman–Crippen LogP) is 3.62. The number of methoxy groups -OCH3 is 1. The number of hydrogen-bond acceptors (Lipinski definition) is 5. The Morgan fingerprint density at radius 1 is 1.37 bits per heavy atom. The average molecular weight is 282 g/mol. The highest BCUT2D eigenvalue weighted by molar-refractivity contribution is 7.17. The summed E-state index contributed by atoms with van der Waals surface area (Å²) in [5.74, 6) is 0.535. The molecule has 2 rings (SSSR count). The molecule has 5 heteroatoms. The predicted molar refractivity (Wildman–Crippen MR) is 77.9 cm³/mol. The molecule has 19 heavy (non-hydrogen) atoms. The summed E-state index contributed by atoms with van der Waals surface area (Å²) in [5.41, 5.74) is 0.751. The van der Waals surface area contributed by atoms with Gasteiger partial charge < -0.3 is 10.1 Å². The van der Waals surface area contributed by atoms with E-state index in [0.29, 0.717) is 10.9 Å². The van der Waals surface area contributed by atoms with Gasteiger partial charge in [-0.15, -0.1) is 0 Å². The van der Waals surface area contributed by atoms with Crippen LogP contribution in [0.3, 0.4) is 0 Å². The summed E-state index contributed by atoms with van der Waals surface area (Å²) in [5, 5.41) is 4.33. The van der Waals surface area contributed by atoms with Crippen molar-refractivity contribution in [3.05, 3.63) is 10.6 Å². The summed E-state index contributed by atoms with van der Waals surface area (Å²) < 4.78 is 4.76. The largest absolute Gasteiger partial charge is 0.465 e. The van der Waals surface area contributed by atoms with Crippen LogP contribution in [0.2, 0.25) is 0 Å². The van der Waals surface area contributed by atoms with Crippen LogP contribution in [0.1, 0.15) is 54.4 Å². The Kier molecular flexibility index (Phi) is 4.80. The molecule has 0 spiro atoms. The second-order valence-electron chi connectivity index (χ2n) is 5.38. The fraction of sp³-hybridized carbons (Fsp3) is 0.714. The van der Waals surface area contributed by atoms with Gasteiger partial charge >= 0.3 is 5.97 Å². The summed E-state index contributed by atoms with van der Waals surface area (Å²) >= 11 is 1.40. The highest BCUT2D eigenvalue weighted by Crippen LogP contribution is 2.28. The third kappa shape index (κ3) is 3.69. The zero-order valence-electron chi connectivity index (χ0n) is 11.9. The normalized spacial score (nSPS) is 23.7. The molecule has 0 amide bonds. The molecular formula is C14H22N2O2S.